The Morgan fingerprint density at radius 2 is 1.73 bits per heavy atom. The van der Waals surface area contributed by atoms with Crippen LogP contribution < -0.4 is 35.3 Å². The molecule has 0 unspecified atom stereocenters. The predicted octanol–water partition coefficient (Wildman–Crippen LogP) is -2.21. The van der Waals surface area contributed by atoms with E-state index in [9.17, 15) is 20.2 Å². The van der Waals surface area contributed by atoms with Crippen molar-refractivity contribution in [3.8, 4) is 5.75 Å². The zero-order valence-electron chi connectivity index (χ0n) is 7.71. The van der Waals surface area contributed by atoms with Crippen LogP contribution in [0, 0.1) is 20.2 Å². The summed E-state index contributed by atoms with van der Waals surface area (Å²) in [6.45, 7) is 0. The molecule has 0 saturated heterocycles. The molecular formula is C6H5N3NaO5+. The maximum Gasteiger partial charge on any atom is 1.00 e. The van der Waals surface area contributed by atoms with Crippen LogP contribution in [0.1, 0.15) is 0 Å². The fraction of sp³-hybridized carbons (Fsp3) is 0. The second kappa shape index (κ2) is 4.91. The van der Waals surface area contributed by atoms with Gasteiger partial charge in [0.1, 0.15) is 0 Å². The van der Waals surface area contributed by atoms with Crippen molar-refractivity contribution in [3.05, 3.63) is 32.4 Å². The van der Waals surface area contributed by atoms with Crippen LogP contribution in [0.3, 0.4) is 0 Å². The summed E-state index contributed by atoms with van der Waals surface area (Å²) in [5.74, 6) is -0.763. The van der Waals surface area contributed by atoms with Gasteiger partial charge in [-0.05, 0) is 0 Å². The number of nitrogens with two attached hydrogens (primary N) is 1. The molecule has 0 bridgehead atoms. The van der Waals surface area contributed by atoms with Crippen LogP contribution in [0.25, 0.3) is 0 Å². The van der Waals surface area contributed by atoms with E-state index in [1.165, 1.54) is 0 Å². The average Bonchev–Trinajstić information content (AvgIpc) is 2.08. The summed E-state index contributed by atoms with van der Waals surface area (Å²) < 4.78 is 0. The van der Waals surface area contributed by atoms with Gasteiger partial charge >= 0.3 is 35.2 Å². The van der Waals surface area contributed by atoms with E-state index in [2.05, 4.69) is 0 Å². The molecule has 15 heavy (non-hydrogen) atoms. The maximum atomic E-state index is 10.3. The van der Waals surface area contributed by atoms with Crippen LogP contribution in [0.5, 0.6) is 5.75 Å². The molecule has 9 heteroatoms. The summed E-state index contributed by atoms with van der Waals surface area (Å²) in [4.78, 5) is 18.8. The monoisotopic (exact) mass is 222 g/mol. The first-order valence-corrected chi connectivity index (χ1v) is 3.34. The minimum atomic E-state index is -0.946. The Morgan fingerprint density at radius 1 is 1.20 bits per heavy atom. The number of nitro benzene ring substituents is 2. The second-order valence-corrected chi connectivity index (χ2v) is 2.42. The van der Waals surface area contributed by atoms with Gasteiger partial charge in [-0.2, -0.15) is 0 Å². The molecule has 1 rings (SSSR count). The predicted molar refractivity (Wildman–Crippen MR) is 45.8 cm³/mol. The fourth-order valence-electron chi connectivity index (χ4n) is 0.870. The van der Waals surface area contributed by atoms with Gasteiger partial charge in [-0.3, -0.25) is 20.2 Å². The Bertz CT molecular complexity index is 421. The van der Waals surface area contributed by atoms with Crippen LogP contribution in [-0.4, -0.2) is 15.0 Å². The van der Waals surface area contributed by atoms with Crippen LogP contribution in [-0.2, 0) is 0 Å². The van der Waals surface area contributed by atoms with Crippen LogP contribution in [0.15, 0.2) is 12.1 Å². The molecule has 3 N–H and O–H groups in total. The number of benzene rings is 1. The van der Waals surface area contributed by atoms with Crippen molar-refractivity contribution in [1.29, 1.82) is 0 Å². The Labute approximate surface area is 105 Å². The number of phenolic OH excluding ortho intramolecular Hbond substituents is 1. The average molecular weight is 222 g/mol. The van der Waals surface area contributed by atoms with E-state index in [4.69, 9.17) is 10.8 Å². The first-order valence-electron chi connectivity index (χ1n) is 3.34. The van der Waals surface area contributed by atoms with Gasteiger partial charge in [-0.15, -0.1) is 0 Å². The number of phenols is 1. The van der Waals surface area contributed by atoms with Crippen LogP contribution in [0.2, 0.25) is 0 Å². The number of hydrogen-bond acceptors (Lipinski definition) is 6. The molecule has 0 aliphatic rings. The Hall–Kier alpha value is -1.38. The molecule has 0 radical (unpaired) electrons. The van der Waals surface area contributed by atoms with E-state index < -0.39 is 32.7 Å². The first-order chi connectivity index (χ1) is 6.43. The molecule has 0 saturated carbocycles. The molecule has 0 amide bonds. The van der Waals surface area contributed by atoms with Gasteiger partial charge in [-0.1, -0.05) is 0 Å². The van der Waals surface area contributed by atoms with Crippen molar-refractivity contribution >= 4 is 17.1 Å². The third-order valence-electron chi connectivity index (χ3n) is 1.51. The van der Waals surface area contributed by atoms with Crippen molar-refractivity contribution in [2.75, 3.05) is 5.73 Å². The Kier molecular flexibility index (Phi) is 4.46. The smallest absolute Gasteiger partial charge is 0.501 e. The van der Waals surface area contributed by atoms with E-state index in [1.807, 2.05) is 0 Å². The van der Waals surface area contributed by atoms with Crippen LogP contribution >= 0.6 is 0 Å². The molecule has 1 aromatic carbocycles. The SMILES string of the molecule is Nc1cc([N+](=O)[O-])cc([N+](=O)[O-])c1O.[Na+]. The normalized spacial score (nSPS) is 9.07. The number of rotatable bonds is 2. The molecular weight excluding hydrogens is 217 g/mol. The molecule has 8 nitrogen and oxygen atoms in total. The van der Waals surface area contributed by atoms with Crippen LogP contribution in [0.4, 0.5) is 17.1 Å². The maximum absolute atomic E-state index is 10.3. The minimum Gasteiger partial charge on any atom is -0.501 e. The number of aromatic hydroxyl groups is 1. The van der Waals surface area contributed by atoms with E-state index in [-0.39, 0.29) is 29.6 Å². The summed E-state index contributed by atoms with van der Waals surface area (Å²) >= 11 is 0. The molecule has 0 heterocycles. The molecule has 0 atom stereocenters. The van der Waals surface area contributed by atoms with Crippen molar-refractivity contribution in [2.24, 2.45) is 0 Å². The van der Waals surface area contributed by atoms with E-state index in [0.717, 1.165) is 6.07 Å². The number of nitrogen functional groups attached to an aromatic ring is 1. The van der Waals surface area contributed by atoms with Gasteiger partial charge in [0.25, 0.3) is 5.69 Å². The quantitative estimate of drug-likeness (QED) is 0.192. The van der Waals surface area contributed by atoms with Gasteiger partial charge < -0.3 is 10.8 Å². The molecule has 0 aliphatic heterocycles. The summed E-state index contributed by atoms with van der Waals surface area (Å²) in [6.07, 6.45) is 0. The van der Waals surface area contributed by atoms with Crippen molar-refractivity contribution in [3.63, 3.8) is 0 Å². The number of hydrogen-bond donors (Lipinski definition) is 2. The van der Waals surface area contributed by atoms with Crippen molar-refractivity contribution in [1.82, 2.24) is 0 Å². The second-order valence-electron chi connectivity index (χ2n) is 2.42. The molecule has 1 aromatic rings. The zero-order valence-corrected chi connectivity index (χ0v) is 9.71. The minimum absolute atomic E-state index is 0. The van der Waals surface area contributed by atoms with Gasteiger partial charge in [0.15, 0.2) is 0 Å². The molecule has 0 aromatic heterocycles. The summed E-state index contributed by atoms with van der Waals surface area (Å²) in [5.41, 5.74) is 3.42. The molecule has 74 valence electrons. The van der Waals surface area contributed by atoms with Crippen molar-refractivity contribution in [2.45, 2.75) is 0 Å². The number of non-ortho nitro benzene ring substituents is 1. The standard InChI is InChI=1S/C6H5N3O5.Na/c7-4-1-3(8(11)12)2-5(6(4)10)9(13)14;/h1-2,10H,7H2;/q;+1. The zero-order chi connectivity index (χ0) is 10.9. The fourth-order valence-corrected chi connectivity index (χ4v) is 0.870. The van der Waals surface area contributed by atoms with Gasteiger partial charge in [-0.25, -0.2) is 0 Å². The van der Waals surface area contributed by atoms with Gasteiger partial charge in [0, 0.05) is 6.07 Å². The summed E-state index contributed by atoms with van der Waals surface area (Å²) in [6, 6.07) is 1.49. The number of nitrogens with zero attached hydrogens (tertiary/aromatic N) is 2. The first kappa shape index (κ1) is 13.6. The van der Waals surface area contributed by atoms with Gasteiger partial charge in [0.05, 0.1) is 21.6 Å². The Morgan fingerprint density at radius 3 is 2.13 bits per heavy atom. The van der Waals surface area contributed by atoms with E-state index in [0.29, 0.717) is 6.07 Å². The van der Waals surface area contributed by atoms with Gasteiger partial charge in [0.2, 0.25) is 5.75 Å². The molecule has 0 spiro atoms. The topological polar surface area (TPSA) is 133 Å². The van der Waals surface area contributed by atoms with E-state index in [1.54, 1.807) is 0 Å². The molecule has 0 aliphatic carbocycles. The summed E-state index contributed by atoms with van der Waals surface area (Å²) in [7, 11) is 0. The third kappa shape index (κ3) is 2.78. The Balaban J connectivity index is 0.00000196. The molecule has 0 fully saturated rings. The third-order valence-corrected chi connectivity index (χ3v) is 1.51. The summed E-state index contributed by atoms with van der Waals surface area (Å²) in [5, 5.41) is 29.7. The number of nitro groups is 2. The number of anilines is 1. The van der Waals surface area contributed by atoms with E-state index >= 15 is 0 Å². The van der Waals surface area contributed by atoms with Crippen molar-refractivity contribution < 1.29 is 44.5 Å². The largest absolute Gasteiger partial charge is 1.00 e.